The fourth-order valence-electron chi connectivity index (χ4n) is 1.36. The molecule has 0 atom stereocenters. The Kier molecular flexibility index (Phi) is 3.98. The van der Waals surface area contributed by atoms with Gasteiger partial charge in [0.2, 0.25) is 0 Å². The molecule has 0 bridgehead atoms. The van der Waals surface area contributed by atoms with Crippen molar-refractivity contribution < 1.29 is 4.79 Å². The highest BCUT2D eigenvalue weighted by molar-refractivity contribution is 9.10. The highest BCUT2D eigenvalue weighted by Crippen LogP contribution is 2.24. The molecule has 94 valence electrons. The van der Waals surface area contributed by atoms with Gasteiger partial charge in [0.25, 0.3) is 5.91 Å². The fraction of sp³-hybridized carbons (Fsp3) is 0.182. The lowest BCUT2D eigenvalue weighted by atomic mass is 10.3. The number of hydrogen-bond acceptors (Lipinski definition) is 3. The van der Waals surface area contributed by atoms with Crippen LogP contribution in [0.25, 0.3) is 0 Å². The number of carbonyl (C=O) groups excluding carboxylic acids is 1. The largest absolute Gasteiger partial charge is 0.303 e. The molecule has 2 N–H and O–H groups in total. The number of pyridine rings is 1. The topological polar surface area (TPSA) is 70.7 Å². The van der Waals surface area contributed by atoms with Gasteiger partial charge in [-0.05, 0) is 34.5 Å². The number of anilines is 1. The van der Waals surface area contributed by atoms with E-state index >= 15 is 0 Å². The number of halogens is 2. The zero-order valence-corrected chi connectivity index (χ0v) is 11.8. The second kappa shape index (κ2) is 5.49. The second-order valence-electron chi connectivity index (χ2n) is 3.53. The number of nitrogens with one attached hydrogen (secondary N) is 2. The summed E-state index contributed by atoms with van der Waals surface area (Å²) in [6.45, 7) is 1.99. The molecule has 0 aliphatic heterocycles. The van der Waals surface area contributed by atoms with Gasteiger partial charge in [-0.15, -0.1) is 0 Å². The van der Waals surface area contributed by atoms with Gasteiger partial charge >= 0.3 is 0 Å². The first kappa shape index (κ1) is 13.0. The number of aromatic amines is 1. The van der Waals surface area contributed by atoms with E-state index in [0.29, 0.717) is 10.8 Å². The monoisotopic (exact) mass is 328 g/mol. The molecule has 7 heteroatoms. The van der Waals surface area contributed by atoms with Crippen LogP contribution in [0.3, 0.4) is 0 Å². The molecule has 2 aromatic heterocycles. The molecule has 0 aliphatic rings. The smallest absolute Gasteiger partial charge is 0.275 e. The van der Waals surface area contributed by atoms with E-state index in [-0.39, 0.29) is 11.6 Å². The van der Waals surface area contributed by atoms with Crippen molar-refractivity contribution in [2.45, 2.75) is 13.3 Å². The van der Waals surface area contributed by atoms with Crippen molar-refractivity contribution in [3.05, 3.63) is 39.2 Å². The van der Waals surface area contributed by atoms with Crippen LogP contribution in [0, 0.1) is 0 Å². The maximum absolute atomic E-state index is 11.9. The molecule has 0 aromatic carbocycles. The van der Waals surface area contributed by atoms with Gasteiger partial charge in [-0.2, -0.15) is 5.10 Å². The van der Waals surface area contributed by atoms with Gasteiger partial charge in [-0.1, -0.05) is 18.5 Å². The molecule has 2 aromatic rings. The summed E-state index contributed by atoms with van der Waals surface area (Å²) >= 11 is 9.08. The van der Waals surface area contributed by atoms with Gasteiger partial charge < -0.3 is 5.32 Å². The van der Waals surface area contributed by atoms with Crippen molar-refractivity contribution >= 4 is 39.3 Å². The molecular weight excluding hydrogens is 320 g/mol. The molecule has 0 aliphatic carbocycles. The summed E-state index contributed by atoms with van der Waals surface area (Å²) in [7, 11) is 0. The first-order chi connectivity index (χ1) is 8.61. The van der Waals surface area contributed by atoms with Gasteiger partial charge in [0, 0.05) is 6.20 Å². The predicted molar refractivity (Wildman–Crippen MR) is 72.9 cm³/mol. The highest BCUT2D eigenvalue weighted by Gasteiger charge is 2.14. The number of aromatic nitrogens is 3. The third-order valence-corrected chi connectivity index (χ3v) is 3.40. The van der Waals surface area contributed by atoms with Crippen LogP contribution in [0.4, 0.5) is 5.82 Å². The number of carbonyl (C=O) groups is 1. The van der Waals surface area contributed by atoms with Crippen LogP contribution >= 0.6 is 27.5 Å². The molecular formula is C11H10BrClN4O. The van der Waals surface area contributed by atoms with Crippen molar-refractivity contribution in [2.24, 2.45) is 0 Å². The van der Waals surface area contributed by atoms with E-state index in [1.54, 1.807) is 12.1 Å². The third kappa shape index (κ3) is 2.70. The first-order valence-electron chi connectivity index (χ1n) is 5.27. The van der Waals surface area contributed by atoms with E-state index in [9.17, 15) is 4.79 Å². The quantitative estimate of drug-likeness (QED) is 0.909. The summed E-state index contributed by atoms with van der Waals surface area (Å²) in [4.78, 5) is 15.8. The van der Waals surface area contributed by atoms with Gasteiger partial charge in [0.05, 0.1) is 15.2 Å². The molecule has 0 spiro atoms. The lowest BCUT2D eigenvalue weighted by molar-refractivity contribution is 0.102. The summed E-state index contributed by atoms with van der Waals surface area (Å²) in [6, 6.07) is 3.17. The molecule has 18 heavy (non-hydrogen) atoms. The highest BCUT2D eigenvalue weighted by atomic mass is 79.9. The summed E-state index contributed by atoms with van der Waals surface area (Å²) in [6.07, 6.45) is 2.22. The summed E-state index contributed by atoms with van der Waals surface area (Å²) in [5.41, 5.74) is 1.21. The number of aryl methyl sites for hydroxylation is 1. The second-order valence-corrected chi connectivity index (χ2v) is 4.76. The van der Waals surface area contributed by atoms with Crippen LogP contribution < -0.4 is 5.32 Å². The fourth-order valence-corrected chi connectivity index (χ4v) is 2.03. The number of H-pyrrole nitrogens is 1. The number of rotatable bonds is 3. The van der Waals surface area contributed by atoms with E-state index in [2.05, 4.69) is 36.4 Å². The van der Waals surface area contributed by atoms with Gasteiger partial charge in [-0.25, -0.2) is 4.98 Å². The number of hydrogen-bond donors (Lipinski definition) is 2. The Hall–Kier alpha value is -1.40. The predicted octanol–water partition coefficient (Wildman–Crippen LogP) is 3.04. The number of amides is 1. The molecule has 1 amide bonds. The van der Waals surface area contributed by atoms with E-state index in [1.807, 2.05) is 6.92 Å². The Morgan fingerprint density at radius 1 is 1.56 bits per heavy atom. The molecule has 0 radical (unpaired) electrons. The minimum Gasteiger partial charge on any atom is -0.303 e. The minimum atomic E-state index is -0.332. The van der Waals surface area contributed by atoms with Crippen molar-refractivity contribution in [2.75, 3.05) is 5.32 Å². The average Bonchev–Trinajstić information content (AvgIpc) is 2.71. The van der Waals surface area contributed by atoms with E-state index < -0.39 is 0 Å². The Labute approximate surface area is 117 Å². The lowest BCUT2D eigenvalue weighted by Gasteiger charge is -2.02. The molecule has 0 fully saturated rings. The lowest BCUT2D eigenvalue weighted by Crippen LogP contribution is -2.14. The van der Waals surface area contributed by atoms with E-state index in [4.69, 9.17) is 11.6 Å². The van der Waals surface area contributed by atoms with Crippen molar-refractivity contribution in [3.8, 4) is 0 Å². The Morgan fingerprint density at radius 3 is 2.89 bits per heavy atom. The zero-order chi connectivity index (χ0) is 13.1. The standard InChI is InChI=1S/C11H10BrClN4O/c1-2-7-9(12)10(17-16-7)15-11(18)8-4-3-6(13)5-14-8/h3-5H,2H2,1H3,(H2,15,16,17,18). The molecule has 5 nitrogen and oxygen atoms in total. The Bertz CT molecular complexity index is 567. The van der Waals surface area contributed by atoms with E-state index in [0.717, 1.165) is 16.6 Å². The van der Waals surface area contributed by atoms with Crippen LogP contribution in [0.15, 0.2) is 22.8 Å². The van der Waals surface area contributed by atoms with Crippen molar-refractivity contribution in [1.82, 2.24) is 15.2 Å². The molecule has 0 saturated heterocycles. The van der Waals surface area contributed by atoms with Gasteiger partial charge in [0.1, 0.15) is 5.69 Å². The van der Waals surface area contributed by atoms with Gasteiger partial charge in [-0.3, -0.25) is 9.89 Å². The summed E-state index contributed by atoms with van der Waals surface area (Å²) in [5, 5.41) is 10.0. The average molecular weight is 330 g/mol. The minimum absolute atomic E-state index is 0.285. The van der Waals surface area contributed by atoms with Crippen LogP contribution in [0.1, 0.15) is 23.1 Å². The van der Waals surface area contributed by atoms with E-state index in [1.165, 1.54) is 6.20 Å². The molecule has 2 rings (SSSR count). The third-order valence-electron chi connectivity index (χ3n) is 2.32. The molecule has 0 saturated carbocycles. The number of nitrogens with zero attached hydrogens (tertiary/aromatic N) is 2. The molecule has 0 unspecified atom stereocenters. The van der Waals surface area contributed by atoms with Crippen LogP contribution in [0.2, 0.25) is 5.02 Å². The summed E-state index contributed by atoms with van der Waals surface area (Å²) < 4.78 is 0.757. The maximum Gasteiger partial charge on any atom is 0.275 e. The Morgan fingerprint density at radius 2 is 2.33 bits per heavy atom. The molecule has 2 heterocycles. The Balaban J connectivity index is 2.16. The SMILES string of the molecule is CCc1[nH]nc(NC(=O)c2ccc(Cl)cn2)c1Br. The van der Waals surface area contributed by atoms with Crippen LogP contribution in [0.5, 0.6) is 0 Å². The van der Waals surface area contributed by atoms with Crippen molar-refractivity contribution in [1.29, 1.82) is 0 Å². The van der Waals surface area contributed by atoms with Crippen molar-refractivity contribution in [3.63, 3.8) is 0 Å². The van der Waals surface area contributed by atoms with Crippen LogP contribution in [-0.2, 0) is 6.42 Å². The zero-order valence-electron chi connectivity index (χ0n) is 9.50. The normalized spacial score (nSPS) is 10.4. The van der Waals surface area contributed by atoms with Gasteiger partial charge in [0.15, 0.2) is 5.82 Å². The maximum atomic E-state index is 11.9. The first-order valence-corrected chi connectivity index (χ1v) is 6.44. The summed E-state index contributed by atoms with van der Waals surface area (Å²) in [5.74, 6) is 0.120. The van der Waals surface area contributed by atoms with Crippen LogP contribution in [-0.4, -0.2) is 21.1 Å².